The van der Waals surface area contributed by atoms with Crippen LogP contribution in [0, 0.1) is 0 Å². The molecule has 0 aliphatic carbocycles. The van der Waals surface area contributed by atoms with Crippen molar-refractivity contribution < 1.29 is 24.5 Å². The van der Waals surface area contributed by atoms with Crippen LogP contribution in [-0.4, -0.2) is 47.4 Å². The molecule has 3 N–H and O–H groups in total. The molecule has 77 heavy (non-hydrogen) atoms. The minimum Gasteiger partial charge on any atom is -0.466 e. The van der Waals surface area contributed by atoms with Gasteiger partial charge in [0.15, 0.2) is 0 Å². The molecule has 1 amide bonds. The minimum atomic E-state index is -0.673. The highest BCUT2D eigenvalue weighted by atomic mass is 16.5. The Bertz CT molecular complexity index is 1250. The van der Waals surface area contributed by atoms with Gasteiger partial charge < -0.3 is 20.3 Å². The zero-order chi connectivity index (χ0) is 55.7. The third-order valence-corrected chi connectivity index (χ3v) is 16.2. The first-order valence-corrected chi connectivity index (χ1v) is 34.7. The molecule has 454 valence electrons. The van der Waals surface area contributed by atoms with Crippen LogP contribution in [0.1, 0.15) is 380 Å². The third-order valence-electron chi connectivity index (χ3n) is 16.2. The average Bonchev–Trinajstić information content (AvgIpc) is 3.43. The van der Waals surface area contributed by atoms with Crippen molar-refractivity contribution in [2.45, 2.75) is 392 Å². The van der Waals surface area contributed by atoms with Crippen molar-refractivity contribution in [1.82, 2.24) is 5.32 Å². The van der Waals surface area contributed by atoms with Crippen LogP contribution < -0.4 is 5.32 Å². The predicted molar refractivity (Wildman–Crippen MR) is 338 cm³/mol. The number of aliphatic hydroxyl groups excluding tert-OH is 2. The summed E-state index contributed by atoms with van der Waals surface area (Å²) in [7, 11) is 0. The molecule has 0 aromatic rings. The molecule has 2 unspecified atom stereocenters. The third kappa shape index (κ3) is 63.1. The standard InChI is InChI=1S/C71H135NO5/c1-3-5-7-9-11-13-15-17-19-21-22-26-29-32-35-39-43-47-51-55-59-63-69(74)68(67-73)72-70(75)64-60-56-52-48-44-40-36-33-30-27-24-23-25-28-31-34-38-42-46-50-54-58-62-66-77-71(76)65-61-57-53-49-45-41-37-20-18-16-14-12-10-8-6-4-2/h20,23,25,27,30,37,68-69,73-74H,3-19,21-22,24,26,28-29,31-36,38-67H2,1-2H3,(H,72,75)/b25-23-,30-27-,37-20-. The van der Waals surface area contributed by atoms with E-state index < -0.39 is 12.1 Å². The largest absolute Gasteiger partial charge is 0.466 e. The Morgan fingerprint density at radius 1 is 0.364 bits per heavy atom. The average molecular weight is 1080 g/mol. The van der Waals surface area contributed by atoms with Crippen LogP contribution in [0.15, 0.2) is 36.5 Å². The van der Waals surface area contributed by atoms with Crippen molar-refractivity contribution in [3.05, 3.63) is 36.5 Å². The number of nitrogens with one attached hydrogen (secondary N) is 1. The smallest absolute Gasteiger partial charge is 0.305 e. The molecule has 0 saturated heterocycles. The summed E-state index contributed by atoms with van der Waals surface area (Å²) in [5.74, 6) is -0.0417. The van der Waals surface area contributed by atoms with Gasteiger partial charge in [-0.15, -0.1) is 0 Å². The van der Waals surface area contributed by atoms with Crippen LogP contribution in [0.5, 0.6) is 0 Å². The van der Waals surface area contributed by atoms with Gasteiger partial charge in [-0.05, 0) is 83.5 Å². The molecule has 6 nitrogen and oxygen atoms in total. The van der Waals surface area contributed by atoms with Gasteiger partial charge in [-0.25, -0.2) is 0 Å². The minimum absolute atomic E-state index is 0.000257. The number of amides is 1. The molecule has 0 rings (SSSR count). The molecular weight excluding hydrogens is 947 g/mol. The maximum Gasteiger partial charge on any atom is 0.305 e. The monoisotopic (exact) mass is 1080 g/mol. The van der Waals surface area contributed by atoms with Gasteiger partial charge in [0, 0.05) is 12.8 Å². The number of unbranched alkanes of at least 4 members (excludes halogenated alkanes) is 48. The summed E-state index contributed by atoms with van der Waals surface area (Å²) in [5.41, 5.74) is 0. The highest BCUT2D eigenvalue weighted by molar-refractivity contribution is 5.76. The number of allylic oxidation sites excluding steroid dienone is 6. The van der Waals surface area contributed by atoms with E-state index in [0.717, 1.165) is 57.8 Å². The van der Waals surface area contributed by atoms with Crippen molar-refractivity contribution in [2.75, 3.05) is 13.2 Å². The van der Waals surface area contributed by atoms with E-state index in [4.69, 9.17) is 4.74 Å². The Balaban J connectivity index is 3.45. The van der Waals surface area contributed by atoms with E-state index in [1.807, 2.05) is 0 Å². The summed E-state index contributed by atoms with van der Waals surface area (Å²) < 4.78 is 5.49. The van der Waals surface area contributed by atoms with Crippen LogP contribution >= 0.6 is 0 Å². The number of hydrogen-bond acceptors (Lipinski definition) is 5. The van der Waals surface area contributed by atoms with Crippen molar-refractivity contribution in [3.8, 4) is 0 Å². The van der Waals surface area contributed by atoms with Gasteiger partial charge in [0.05, 0.1) is 25.4 Å². The lowest BCUT2D eigenvalue weighted by Gasteiger charge is -2.22. The van der Waals surface area contributed by atoms with Crippen LogP contribution in [0.25, 0.3) is 0 Å². The fourth-order valence-electron chi connectivity index (χ4n) is 10.8. The second kappa shape index (κ2) is 66.6. The quantitative estimate of drug-likeness (QED) is 0.0320. The Labute approximate surface area is 481 Å². The van der Waals surface area contributed by atoms with Gasteiger partial charge in [0.25, 0.3) is 0 Å². The SMILES string of the molecule is CCCCCCCCC/C=C\CCCCCCCC(=O)OCCCCCCCCCCC/C=C\C/C=C\CCCCCCCCCC(=O)NC(CO)C(O)CCCCCCCCCCCCCCCCCCCCCCC. The summed E-state index contributed by atoms with van der Waals surface area (Å²) in [4.78, 5) is 24.6. The lowest BCUT2D eigenvalue weighted by atomic mass is 10.0. The first kappa shape index (κ1) is 75.1. The predicted octanol–water partition coefficient (Wildman–Crippen LogP) is 22.3. The first-order chi connectivity index (χ1) is 38.0. The van der Waals surface area contributed by atoms with E-state index in [-0.39, 0.29) is 18.5 Å². The summed E-state index contributed by atoms with van der Waals surface area (Å²) in [6, 6.07) is -0.551. The summed E-state index contributed by atoms with van der Waals surface area (Å²) in [5, 5.41) is 23.4. The molecule has 0 saturated carbocycles. The molecule has 0 spiro atoms. The number of aliphatic hydroxyl groups is 2. The van der Waals surface area contributed by atoms with Gasteiger partial charge in [-0.1, -0.05) is 320 Å². The molecule has 0 aromatic heterocycles. The molecule has 0 aliphatic heterocycles. The van der Waals surface area contributed by atoms with Crippen molar-refractivity contribution in [1.29, 1.82) is 0 Å². The van der Waals surface area contributed by atoms with Crippen molar-refractivity contribution in [2.24, 2.45) is 0 Å². The van der Waals surface area contributed by atoms with E-state index in [1.54, 1.807) is 0 Å². The maximum atomic E-state index is 12.5. The number of hydrogen-bond donors (Lipinski definition) is 3. The van der Waals surface area contributed by atoms with E-state index in [1.165, 1.54) is 289 Å². The maximum absolute atomic E-state index is 12.5. The number of ether oxygens (including phenoxy) is 1. The lowest BCUT2D eigenvalue weighted by molar-refractivity contribution is -0.143. The number of carbonyl (C=O) groups excluding carboxylic acids is 2. The first-order valence-electron chi connectivity index (χ1n) is 34.7. The van der Waals surface area contributed by atoms with E-state index >= 15 is 0 Å². The van der Waals surface area contributed by atoms with E-state index in [9.17, 15) is 19.8 Å². The fraction of sp³-hybridized carbons (Fsp3) is 0.887. The van der Waals surface area contributed by atoms with Gasteiger partial charge in [0.1, 0.15) is 0 Å². The number of carbonyl (C=O) groups is 2. The molecule has 0 aromatic carbocycles. The molecule has 0 fully saturated rings. The van der Waals surface area contributed by atoms with Gasteiger partial charge in [0.2, 0.25) is 5.91 Å². The van der Waals surface area contributed by atoms with Crippen LogP contribution in [0.4, 0.5) is 0 Å². The van der Waals surface area contributed by atoms with Crippen molar-refractivity contribution >= 4 is 11.9 Å². The van der Waals surface area contributed by atoms with Crippen LogP contribution in [0.3, 0.4) is 0 Å². The number of esters is 1. The normalized spacial score (nSPS) is 12.7. The topological polar surface area (TPSA) is 95.9 Å². The Kier molecular flexibility index (Phi) is 64.9. The summed E-state index contributed by atoms with van der Waals surface area (Å²) in [6.07, 6.45) is 84.6. The molecule has 2 atom stereocenters. The second-order valence-electron chi connectivity index (χ2n) is 23.9. The van der Waals surface area contributed by atoms with Gasteiger partial charge in [-0.3, -0.25) is 9.59 Å². The molecular formula is C71H135NO5. The summed E-state index contributed by atoms with van der Waals surface area (Å²) >= 11 is 0. The van der Waals surface area contributed by atoms with Gasteiger partial charge >= 0.3 is 5.97 Å². The van der Waals surface area contributed by atoms with Crippen LogP contribution in [-0.2, 0) is 14.3 Å². The fourth-order valence-corrected chi connectivity index (χ4v) is 10.8. The lowest BCUT2D eigenvalue weighted by Crippen LogP contribution is -2.45. The van der Waals surface area contributed by atoms with Crippen LogP contribution in [0.2, 0.25) is 0 Å². The number of rotatable bonds is 65. The van der Waals surface area contributed by atoms with E-state index in [0.29, 0.717) is 25.9 Å². The van der Waals surface area contributed by atoms with Crippen molar-refractivity contribution in [3.63, 3.8) is 0 Å². The molecule has 0 bridgehead atoms. The molecule has 0 radical (unpaired) electrons. The zero-order valence-corrected chi connectivity index (χ0v) is 52.0. The summed E-state index contributed by atoms with van der Waals surface area (Å²) in [6.45, 7) is 4.97. The molecule has 6 heteroatoms. The Hall–Kier alpha value is -1.92. The Morgan fingerprint density at radius 3 is 1.00 bits per heavy atom. The van der Waals surface area contributed by atoms with Gasteiger partial charge in [-0.2, -0.15) is 0 Å². The highest BCUT2D eigenvalue weighted by Gasteiger charge is 2.20. The highest BCUT2D eigenvalue weighted by Crippen LogP contribution is 2.18. The Morgan fingerprint density at radius 2 is 0.649 bits per heavy atom. The molecule has 0 aliphatic rings. The second-order valence-corrected chi connectivity index (χ2v) is 23.9. The molecule has 0 heterocycles. The van der Waals surface area contributed by atoms with E-state index in [2.05, 4.69) is 55.6 Å². The zero-order valence-electron chi connectivity index (χ0n) is 52.0.